The number of hydrogen-bond acceptors (Lipinski definition) is 7. The van der Waals surface area contributed by atoms with Crippen molar-refractivity contribution in [2.75, 3.05) is 23.4 Å². The number of piperidine rings is 1. The monoisotopic (exact) mass is 645 g/mol. The number of rotatable bonds is 10. The summed E-state index contributed by atoms with van der Waals surface area (Å²) in [5, 5.41) is 12.0. The van der Waals surface area contributed by atoms with E-state index in [9.17, 15) is 31.1 Å². The maximum absolute atomic E-state index is 13.7. The van der Waals surface area contributed by atoms with Crippen LogP contribution in [-0.2, 0) is 23.6 Å². The highest BCUT2D eigenvalue weighted by atomic mass is 19.4. The van der Waals surface area contributed by atoms with E-state index in [4.69, 9.17) is 9.84 Å². The summed E-state index contributed by atoms with van der Waals surface area (Å²) in [5.41, 5.74) is -2.49. The molecule has 1 aliphatic heterocycles. The number of alkyl halides is 6. The number of nitrogens with zero attached hydrogens (tertiary/aromatic N) is 4. The first-order chi connectivity index (χ1) is 21.3. The zero-order chi connectivity index (χ0) is 32.8. The molecule has 1 unspecified atom stereocenters. The molecule has 0 radical (unpaired) electrons. The Morgan fingerprint density at radius 3 is 2.00 bits per heavy atom. The molecule has 8 nitrogen and oxygen atoms in total. The van der Waals surface area contributed by atoms with Gasteiger partial charge < -0.3 is 25.0 Å². The van der Waals surface area contributed by atoms with Crippen LogP contribution in [-0.4, -0.2) is 63.4 Å². The third kappa shape index (κ3) is 8.92. The highest BCUT2D eigenvalue weighted by Gasteiger charge is 2.42. The fourth-order valence-electron chi connectivity index (χ4n) is 6.35. The van der Waals surface area contributed by atoms with Crippen molar-refractivity contribution < 1.29 is 41.0 Å². The number of aliphatic hydroxyl groups is 1. The molecular formula is C31H41F6N5O3. The van der Waals surface area contributed by atoms with E-state index in [0.29, 0.717) is 31.4 Å². The van der Waals surface area contributed by atoms with E-state index in [1.165, 1.54) is 12.4 Å². The van der Waals surface area contributed by atoms with E-state index in [2.05, 4.69) is 15.3 Å². The van der Waals surface area contributed by atoms with Gasteiger partial charge in [0.2, 0.25) is 5.95 Å². The first-order valence-electron chi connectivity index (χ1n) is 15.5. The quantitative estimate of drug-likeness (QED) is 0.260. The fourth-order valence-corrected chi connectivity index (χ4v) is 6.35. The lowest BCUT2D eigenvalue weighted by atomic mass is 9.87. The normalized spacial score (nSPS) is 21.4. The summed E-state index contributed by atoms with van der Waals surface area (Å²) in [6, 6.07) is 0.617. The maximum Gasteiger partial charge on any atom is 0.416 e. The average molecular weight is 646 g/mol. The summed E-state index contributed by atoms with van der Waals surface area (Å²) in [6.45, 7) is 3.66. The number of benzene rings is 1. The number of amides is 1. The lowest BCUT2D eigenvalue weighted by Crippen LogP contribution is -2.57. The SMILES string of the molecule is CC[C@@H]1CC(N(Cc2cc(C(F)(F)F)cc(C(F)(F)F)c2)c2ncc(NCCO)cn2)C[C@H](CC)N1C(=O)OC1CCCCC1. The second-order valence-corrected chi connectivity index (χ2v) is 11.8. The highest BCUT2D eigenvalue weighted by Crippen LogP contribution is 2.38. The number of nitrogens with one attached hydrogen (secondary N) is 1. The van der Waals surface area contributed by atoms with Crippen molar-refractivity contribution in [1.29, 1.82) is 0 Å². The molecule has 1 saturated carbocycles. The number of halogens is 6. The summed E-state index contributed by atoms with van der Waals surface area (Å²) in [7, 11) is 0. The van der Waals surface area contributed by atoms with E-state index < -0.39 is 29.5 Å². The molecule has 1 aromatic heterocycles. The molecule has 2 N–H and O–H groups in total. The van der Waals surface area contributed by atoms with Crippen molar-refractivity contribution in [3.63, 3.8) is 0 Å². The third-order valence-electron chi connectivity index (χ3n) is 8.63. The summed E-state index contributed by atoms with van der Waals surface area (Å²) in [6.07, 6.45) is -0.884. The zero-order valence-electron chi connectivity index (χ0n) is 25.5. The zero-order valence-corrected chi connectivity index (χ0v) is 25.5. The number of aromatic nitrogens is 2. The molecule has 0 bridgehead atoms. The smallest absolute Gasteiger partial charge is 0.416 e. The van der Waals surface area contributed by atoms with E-state index in [-0.39, 0.29) is 61.6 Å². The van der Waals surface area contributed by atoms with Crippen molar-refractivity contribution in [3.05, 3.63) is 47.3 Å². The Kier molecular flexibility index (Phi) is 11.4. The molecule has 3 atom stereocenters. The van der Waals surface area contributed by atoms with E-state index in [1.54, 1.807) is 9.80 Å². The van der Waals surface area contributed by atoms with Gasteiger partial charge in [-0.05, 0) is 75.1 Å². The molecule has 2 heterocycles. The van der Waals surface area contributed by atoms with Gasteiger partial charge in [0.1, 0.15) is 6.10 Å². The topological polar surface area (TPSA) is 90.8 Å². The summed E-state index contributed by atoms with van der Waals surface area (Å²) >= 11 is 0. The van der Waals surface area contributed by atoms with Gasteiger partial charge in [0, 0.05) is 31.2 Å². The van der Waals surface area contributed by atoms with Crippen molar-refractivity contribution in [2.24, 2.45) is 0 Å². The highest BCUT2D eigenvalue weighted by molar-refractivity contribution is 5.69. The van der Waals surface area contributed by atoms with Gasteiger partial charge in [0.05, 0.1) is 35.8 Å². The first-order valence-corrected chi connectivity index (χ1v) is 15.5. The maximum atomic E-state index is 13.7. The van der Waals surface area contributed by atoms with Gasteiger partial charge in [-0.3, -0.25) is 0 Å². The molecule has 45 heavy (non-hydrogen) atoms. The summed E-state index contributed by atoms with van der Waals surface area (Å²) in [4.78, 5) is 25.7. The molecule has 14 heteroatoms. The standard InChI is InChI=1S/C31H41F6N5O3/c1-3-24-15-26(16-25(4-2)42(24)29(44)45-27-8-6-5-7-9-27)41(28-39-17-23(18-40-28)38-10-11-43)19-20-12-21(30(32,33)34)14-22(13-20)31(35,36)37/h12-14,17-18,24-27,38,43H,3-11,15-16,19H2,1-2H3/t24-,25+,26?. The van der Waals surface area contributed by atoms with Crippen LogP contribution in [0, 0.1) is 0 Å². The number of likely N-dealkylation sites (tertiary alicyclic amines) is 1. The molecule has 1 aliphatic carbocycles. The molecule has 1 amide bonds. The van der Waals surface area contributed by atoms with Crippen LogP contribution >= 0.6 is 0 Å². The van der Waals surface area contributed by atoms with Crippen LogP contribution in [0.1, 0.15) is 88.3 Å². The molecule has 1 aromatic carbocycles. The predicted molar refractivity (Wildman–Crippen MR) is 157 cm³/mol. The molecule has 0 spiro atoms. The number of aliphatic hydroxyl groups excluding tert-OH is 1. The van der Waals surface area contributed by atoms with Gasteiger partial charge in [0.25, 0.3) is 0 Å². The van der Waals surface area contributed by atoms with Crippen LogP contribution in [0.5, 0.6) is 0 Å². The van der Waals surface area contributed by atoms with Crippen LogP contribution < -0.4 is 10.2 Å². The van der Waals surface area contributed by atoms with Crippen LogP contribution in [0.2, 0.25) is 0 Å². The molecular weight excluding hydrogens is 604 g/mol. The van der Waals surface area contributed by atoms with Crippen LogP contribution in [0.25, 0.3) is 0 Å². The van der Waals surface area contributed by atoms with Gasteiger partial charge in [-0.1, -0.05) is 20.3 Å². The summed E-state index contributed by atoms with van der Waals surface area (Å²) < 4.78 is 88.1. The molecule has 4 rings (SSSR count). The Labute approximate surface area is 259 Å². The van der Waals surface area contributed by atoms with Crippen molar-refractivity contribution in [1.82, 2.24) is 14.9 Å². The minimum Gasteiger partial charge on any atom is -0.446 e. The molecule has 1 saturated heterocycles. The van der Waals surface area contributed by atoms with Crippen molar-refractivity contribution in [2.45, 2.75) is 115 Å². The Balaban J connectivity index is 1.68. The number of anilines is 2. The minimum absolute atomic E-state index is 0.114. The third-order valence-corrected chi connectivity index (χ3v) is 8.63. The van der Waals surface area contributed by atoms with Crippen LogP contribution in [0.4, 0.5) is 42.8 Å². The number of carbonyl (C=O) groups excluding carboxylic acids is 1. The van der Waals surface area contributed by atoms with Crippen LogP contribution in [0.15, 0.2) is 30.6 Å². The van der Waals surface area contributed by atoms with Crippen molar-refractivity contribution >= 4 is 17.7 Å². The molecule has 2 fully saturated rings. The molecule has 2 aliphatic rings. The average Bonchev–Trinajstić information content (AvgIpc) is 3.01. The minimum atomic E-state index is -4.98. The molecule has 2 aromatic rings. The summed E-state index contributed by atoms with van der Waals surface area (Å²) in [5.74, 6) is 0.128. The van der Waals surface area contributed by atoms with E-state index in [1.807, 2.05) is 13.8 Å². The van der Waals surface area contributed by atoms with Gasteiger partial charge in [0.15, 0.2) is 0 Å². The van der Waals surface area contributed by atoms with Gasteiger partial charge in [-0.15, -0.1) is 0 Å². The van der Waals surface area contributed by atoms with Crippen LogP contribution in [0.3, 0.4) is 0 Å². The molecule has 250 valence electrons. The second kappa shape index (κ2) is 14.9. The largest absolute Gasteiger partial charge is 0.446 e. The lowest BCUT2D eigenvalue weighted by Gasteiger charge is -2.47. The predicted octanol–water partition coefficient (Wildman–Crippen LogP) is 7.42. The number of ether oxygens (including phenoxy) is 1. The Bertz CT molecular complexity index is 1210. The number of carbonyl (C=O) groups is 1. The van der Waals surface area contributed by atoms with Gasteiger partial charge in [-0.2, -0.15) is 26.3 Å². The fraction of sp³-hybridized carbons (Fsp3) is 0.645. The number of hydrogen-bond donors (Lipinski definition) is 2. The van der Waals surface area contributed by atoms with E-state index in [0.717, 1.165) is 44.2 Å². The first kappa shape index (κ1) is 34.6. The second-order valence-electron chi connectivity index (χ2n) is 11.8. The van der Waals surface area contributed by atoms with Gasteiger partial charge in [-0.25, -0.2) is 14.8 Å². The Morgan fingerprint density at radius 2 is 1.51 bits per heavy atom. The lowest BCUT2D eigenvalue weighted by molar-refractivity contribution is -0.143. The van der Waals surface area contributed by atoms with E-state index >= 15 is 0 Å². The Hall–Kier alpha value is -3.29. The Morgan fingerprint density at radius 1 is 0.956 bits per heavy atom. The van der Waals surface area contributed by atoms with Gasteiger partial charge >= 0.3 is 18.4 Å². The van der Waals surface area contributed by atoms with Crippen molar-refractivity contribution in [3.8, 4) is 0 Å².